The fraction of sp³-hybridized carbons (Fsp3) is 0.423. The predicted octanol–water partition coefficient (Wildman–Crippen LogP) is 4.68. The van der Waals surface area contributed by atoms with E-state index in [1.165, 1.54) is 12.0 Å². The lowest BCUT2D eigenvalue weighted by molar-refractivity contribution is 0.0726. The van der Waals surface area contributed by atoms with Gasteiger partial charge < -0.3 is 15.1 Å². The van der Waals surface area contributed by atoms with Gasteiger partial charge in [-0.15, -0.1) is 0 Å². The Morgan fingerprint density at radius 1 is 0.970 bits per heavy atom. The Labute approximate surface area is 194 Å². The van der Waals surface area contributed by atoms with E-state index < -0.39 is 0 Å². The number of amides is 3. The van der Waals surface area contributed by atoms with Crippen LogP contribution in [-0.4, -0.2) is 57.5 Å². The number of carbonyl (C=O) groups is 2. The molecule has 5 rings (SSSR count). The molecule has 0 unspecified atom stereocenters. The van der Waals surface area contributed by atoms with Gasteiger partial charge in [-0.2, -0.15) is 5.10 Å². The second kappa shape index (κ2) is 9.25. The topological polar surface area (TPSA) is 70.0 Å². The normalized spacial score (nSPS) is 17.4. The average molecular weight is 446 g/mol. The molecular weight excluding hydrogens is 414 g/mol. The molecule has 3 amide bonds. The maximum absolute atomic E-state index is 13.1. The van der Waals surface area contributed by atoms with E-state index in [0.29, 0.717) is 24.6 Å². The summed E-state index contributed by atoms with van der Waals surface area (Å²) in [6.07, 6.45) is 8.81. The van der Waals surface area contributed by atoms with Crippen LogP contribution in [0.5, 0.6) is 0 Å². The minimum atomic E-state index is -0.0419. The van der Waals surface area contributed by atoms with Crippen LogP contribution in [0.25, 0.3) is 5.52 Å². The Balaban J connectivity index is 1.25. The van der Waals surface area contributed by atoms with Crippen LogP contribution in [0.2, 0.25) is 0 Å². The molecule has 2 aromatic heterocycles. The van der Waals surface area contributed by atoms with Crippen molar-refractivity contribution in [3.63, 3.8) is 0 Å². The summed E-state index contributed by atoms with van der Waals surface area (Å²) in [5.74, 6) is 0.454. The Kier molecular flexibility index (Phi) is 6.03. The van der Waals surface area contributed by atoms with Gasteiger partial charge in [-0.3, -0.25) is 4.79 Å². The summed E-state index contributed by atoms with van der Waals surface area (Å²) < 4.78 is 1.80. The fourth-order valence-corrected chi connectivity index (χ4v) is 5.02. The minimum absolute atomic E-state index is 0.0419. The number of carbonyl (C=O) groups excluding carboxylic acids is 2. The van der Waals surface area contributed by atoms with E-state index >= 15 is 0 Å². The van der Waals surface area contributed by atoms with E-state index in [-0.39, 0.29) is 11.9 Å². The molecule has 172 valence electrons. The number of hydrogen-bond donors (Lipinski definition) is 1. The molecule has 2 aliphatic rings. The Hall–Kier alpha value is -3.35. The van der Waals surface area contributed by atoms with Crippen LogP contribution in [0, 0.1) is 6.92 Å². The maximum atomic E-state index is 13.1. The van der Waals surface area contributed by atoms with Crippen molar-refractivity contribution in [3.8, 4) is 0 Å². The fourth-order valence-electron chi connectivity index (χ4n) is 5.02. The van der Waals surface area contributed by atoms with E-state index in [1.807, 2.05) is 47.2 Å². The number of nitrogens with zero attached hydrogens (tertiary/aromatic N) is 4. The number of aromatic nitrogens is 2. The van der Waals surface area contributed by atoms with E-state index in [2.05, 4.69) is 22.5 Å². The molecule has 2 aliphatic heterocycles. The summed E-state index contributed by atoms with van der Waals surface area (Å²) in [6.45, 7) is 5.11. The monoisotopic (exact) mass is 445 g/mol. The van der Waals surface area contributed by atoms with Crippen molar-refractivity contribution in [2.24, 2.45) is 0 Å². The zero-order valence-corrected chi connectivity index (χ0v) is 19.2. The summed E-state index contributed by atoms with van der Waals surface area (Å²) in [5.41, 5.74) is 4.74. The van der Waals surface area contributed by atoms with Gasteiger partial charge in [0.2, 0.25) is 0 Å². The second-order valence-corrected chi connectivity index (χ2v) is 9.26. The highest BCUT2D eigenvalue weighted by molar-refractivity contribution is 6.00. The summed E-state index contributed by atoms with van der Waals surface area (Å²) in [7, 11) is 0. The molecule has 1 N–H and O–H groups in total. The smallest absolute Gasteiger partial charge is 0.321 e. The molecular formula is C26H31N5O2. The van der Waals surface area contributed by atoms with Crippen molar-refractivity contribution in [2.75, 3.05) is 31.5 Å². The van der Waals surface area contributed by atoms with Gasteiger partial charge in [0.1, 0.15) is 0 Å². The number of rotatable bonds is 3. The molecule has 1 aromatic carbocycles. The molecule has 0 bridgehead atoms. The van der Waals surface area contributed by atoms with Crippen molar-refractivity contribution in [3.05, 3.63) is 65.5 Å². The number of fused-ring (bicyclic) bond motifs is 1. The molecule has 7 heteroatoms. The Morgan fingerprint density at radius 3 is 2.52 bits per heavy atom. The van der Waals surface area contributed by atoms with Crippen molar-refractivity contribution >= 4 is 23.1 Å². The van der Waals surface area contributed by atoms with Gasteiger partial charge in [0, 0.05) is 38.1 Å². The molecule has 2 fully saturated rings. The van der Waals surface area contributed by atoms with Crippen molar-refractivity contribution in [1.82, 2.24) is 19.4 Å². The van der Waals surface area contributed by atoms with Gasteiger partial charge in [-0.05, 0) is 80.3 Å². The highest BCUT2D eigenvalue weighted by atomic mass is 16.2. The number of piperidine rings is 2. The number of hydrogen-bond acceptors (Lipinski definition) is 3. The first kappa shape index (κ1) is 21.5. The number of benzene rings is 1. The number of nitrogens with one attached hydrogen (secondary N) is 1. The van der Waals surface area contributed by atoms with Crippen molar-refractivity contribution in [1.29, 1.82) is 0 Å². The lowest BCUT2D eigenvalue weighted by Gasteiger charge is -2.32. The largest absolute Gasteiger partial charge is 0.339 e. The molecule has 4 heterocycles. The molecule has 2 saturated heterocycles. The molecule has 0 saturated carbocycles. The highest BCUT2D eigenvalue weighted by Gasteiger charge is 2.26. The van der Waals surface area contributed by atoms with Crippen LogP contribution < -0.4 is 5.32 Å². The molecule has 33 heavy (non-hydrogen) atoms. The number of pyridine rings is 1. The third-order valence-corrected chi connectivity index (χ3v) is 6.94. The first-order chi connectivity index (χ1) is 16.1. The molecule has 0 atom stereocenters. The predicted molar refractivity (Wildman–Crippen MR) is 129 cm³/mol. The van der Waals surface area contributed by atoms with Crippen LogP contribution >= 0.6 is 0 Å². The molecule has 3 aromatic rings. The van der Waals surface area contributed by atoms with E-state index in [9.17, 15) is 9.59 Å². The van der Waals surface area contributed by atoms with Crippen molar-refractivity contribution in [2.45, 2.75) is 44.9 Å². The van der Waals surface area contributed by atoms with E-state index in [4.69, 9.17) is 0 Å². The third-order valence-electron chi connectivity index (χ3n) is 6.94. The number of anilines is 1. The zero-order chi connectivity index (χ0) is 22.8. The lowest BCUT2D eigenvalue weighted by Crippen LogP contribution is -2.40. The van der Waals surface area contributed by atoms with Gasteiger partial charge in [-0.25, -0.2) is 9.31 Å². The first-order valence-corrected chi connectivity index (χ1v) is 12.0. The number of urea groups is 1. The Morgan fingerprint density at radius 2 is 1.76 bits per heavy atom. The SMILES string of the molecule is Cc1cccc(NC(=O)N2CCC(c3ccn4ncc(C(=O)N5CCCCC5)c4c3)CC2)c1. The summed E-state index contributed by atoms with van der Waals surface area (Å²) in [4.78, 5) is 29.6. The van der Waals surface area contributed by atoms with Gasteiger partial charge in [0.05, 0.1) is 17.3 Å². The van der Waals surface area contributed by atoms with Crippen LogP contribution in [0.1, 0.15) is 59.5 Å². The molecule has 0 aliphatic carbocycles. The van der Waals surface area contributed by atoms with Gasteiger partial charge in [-0.1, -0.05) is 12.1 Å². The lowest BCUT2D eigenvalue weighted by atomic mass is 9.89. The summed E-state index contributed by atoms with van der Waals surface area (Å²) >= 11 is 0. The second-order valence-electron chi connectivity index (χ2n) is 9.26. The molecule has 0 spiro atoms. The number of aryl methyl sites for hydroxylation is 1. The minimum Gasteiger partial charge on any atom is -0.339 e. The van der Waals surface area contributed by atoms with Crippen LogP contribution in [-0.2, 0) is 0 Å². The van der Waals surface area contributed by atoms with Crippen molar-refractivity contribution < 1.29 is 9.59 Å². The number of likely N-dealkylation sites (tertiary alicyclic amines) is 2. The third kappa shape index (κ3) is 4.58. The van der Waals surface area contributed by atoms with E-state index in [1.54, 1.807) is 10.7 Å². The standard InChI is InChI=1S/C26H31N5O2/c1-19-6-5-7-22(16-19)28-26(33)30-13-8-20(9-14-30)21-10-15-31-24(17-21)23(18-27-31)25(32)29-11-3-2-4-12-29/h5-7,10,15-18,20H,2-4,8-9,11-14H2,1H3,(H,28,33). The molecule has 7 nitrogen and oxygen atoms in total. The molecule has 0 radical (unpaired) electrons. The maximum Gasteiger partial charge on any atom is 0.321 e. The Bertz CT molecular complexity index is 1160. The first-order valence-electron chi connectivity index (χ1n) is 12.0. The quantitative estimate of drug-likeness (QED) is 0.636. The summed E-state index contributed by atoms with van der Waals surface area (Å²) in [6, 6.07) is 12.0. The van der Waals surface area contributed by atoms with Gasteiger partial charge in [0.25, 0.3) is 5.91 Å². The van der Waals surface area contributed by atoms with Gasteiger partial charge >= 0.3 is 6.03 Å². The highest BCUT2D eigenvalue weighted by Crippen LogP contribution is 2.30. The van der Waals surface area contributed by atoms with Crippen LogP contribution in [0.4, 0.5) is 10.5 Å². The zero-order valence-electron chi connectivity index (χ0n) is 19.2. The average Bonchev–Trinajstić information content (AvgIpc) is 3.27. The van der Waals surface area contributed by atoms with Crippen LogP contribution in [0.3, 0.4) is 0 Å². The van der Waals surface area contributed by atoms with Crippen LogP contribution in [0.15, 0.2) is 48.8 Å². The summed E-state index contributed by atoms with van der Waals surface area (Å²) in [5, 5.41) is 7.42. The van der Waals surface area contributed by atoms with E-state index in [0.717, 1.165) is 55.5 Å². The van der Waals surface area contributed by atoms with Gasteiger partial charge in [0.15, 0.2) is 0 Å².